The third-order valence-electron chi connectivity index (χ3n) is 6.43. The van der Waals surface area contributed by atoms with Crippen LogP contribution in [0.5, 0.6) is 17.4 Å². The molecule has 36 heavy (non-hydrogen) atoms. The first kappa shape index (κ1) is 26.2. The summed E-state index contributed by atoms with van der Waals surface area (Å²) in [7, 11) is 1.65. The number of aliphatic hydroxyl groups is 1. The molecular weight excluding hydrogens is 454 g/mol. The molecule has 2 aromatic carbocycles. The fraction of sp³-hybridized carbons (Fsp3) is 0.483. The standard InChI is InChI=1S/C29H39N3O4/c1-4-5-17-35-21-25(33)19-31(18-23-11-12-23)20-28-22(2)30-32(24-9-7-6-8-10-24)29(28)36-27-15-13-26(34-3)14-16-27/h6-10,13-16,23,25,33H,4-5,11-12,17-21H2,1-3H3/t25-/m0/s1. The highest BCUT2D eigenvalue weighted by Gasteiger charge is 2.28. The van der Waals surface area contributed by atoms with Gasteiger partial charge in [-0.15, -0.1) is 0 Å². The minimum Gasteiger partial charge on any atom is -0.497 e. The minimum atomic E-state index is -0.531. The predicted octanol–water partition coefficient (Wildman–Crippen LogP) is 5.37. The molecule has 0 unspecified atom stereocenters. The van der Waals surface area contributed by atoms with E-state index in [2.05, 4.69) is 11.8 Å². The van der Waals surface area contributed by atoms with E-state index < -0.39 is 6.10 Å². The van der Waals surface area contributed by atoms with Gasteiger partial charge in [0.15, 0.2) is 0 Å². The van der Waals surface area contributed by atoms with Crippen molar-refractivity contribution in [1.29, 1.82) is 0 Å². The number of aliphatic hydroxyl groups excluding tert-OH is 1. The number of unbranched alkanes of at least 4 members (excludes halogenated alkanes) is 1. The lowest BCUT2D eigenvalue weighted by atomic mass is 10.2. The number of aromatic nitrogens is 2. The Morgan fingerprint density at radius 3 is 2.47 bits per heavy atom. The second-order valence-electron chi connectivity index (χ2n) is 9.61. The summed E-state index contributed by atoms with van der Waals surface area (Å²) in [5, 5.41) is 15.6. The maximum absolute atomic E-state index is 10.7. The van der Waals surface area contributed by atoms with E-state index in [9.17, 15) is 5.11 Å². The van der Waals surface area contributed by atoms with Gasteiger partial charge in [-0.2, -0.15) is 5.10 Å². The monoisotopic (exact) mass is 493 g/mol. The zero-order valence-electron chi connectivity index (χ0n) is 21.7. The van der Waals surface area contributed by atoms with Gasteiger partial charge in [0.2, 0.25) is 5.88 Å². The highest BCUT2D eigenvalue weighted by Crippen LogP contribution is 2.34. The van der Waals surface area contributed by atoms with Crippen molar-refractivity contribution in [2.24, 2.45) is 5.92 Å². The average molecular weight is 494 g/mol. The molecule has 1 saturated carbocycles. The Morgan fingerprint density at radius 2 is 1.81 bits per heavy atom. The van der Waals surface area contributed by atoms with E-state index >= 15 is 0 Å². The molecule has 0 bridgehead atoms. The van der Waals surface area contributed by atoms with Crippen molar-refractivity contribution in [2.75, 3.05) is 33.4 Å². The highest BCUT2D eigenvalue weighted by molar-refractivity contribution is 5.44. The van der Waals surface area contributed by atoms with E-state index in [1.54, 1.807) is 7.11 Å². The van der Waals surface area contributed by atoms with Gasteiger partial charge in [0.05, 0.1) is 36.8 Å². The summed E-state index contributed by atoms with van der Waals surface area (Å²) in [6.45, 7) is 7.37. The molecule has 0 radical (unpaired) electrons. The molecule has 0 amide bonds. The van der Waals surface area contributed by atoms with Gasteiger partial charge in [-0.05, 0) is 68.5 Å². The maximum atomic E-state index is 10.7. The molecule has 1 aliphatic rings. The van der Waals surface area contributed by atoms with Crippen molar-refractivity contribution in [3.8, 4) is 23.1 Å². The molecule has 7 heteroatoms. The van der Waals surface area contributed by atoms with E-state index in [0.717, 1.165) is 42.1 Å². The Morgan fingerprint density at radius 1 is 1.08 bits per heavy atom. The summed E-state index contributed by atoms with van der Waals surface area (Å²) >= 11 is 0. The summed E-state index contributed by atoms with van der Waals surface area (Å²) in [5.41, 5.74) is 2.87. The topological polar surface area (TPSA) is 69.0 Å². The number of para-hydroxylation sites is 1. The molecule has 0 spiro atoms. The zero-order chi connectivity index (χ0) is 25.3. The van der Waals surface area contributed by atoms with Crippen LogP contribution in [-0.4, -0.2) is 59.3 Å². The fourth-order valence-corrected chi connectivity index (χ4v) is 4.23. The summed E-state index contributed by atoms with van der Waals surface area (Å²) in [4.78, 5) is 2.33. The third-order valence-corrected chi connectivity index (χ3v) is 6.43. The van der Waals surface area contributed by atoms with E-state index in [-0.39, 0.29) is 0 Å². The number of hydrogen-bond acceptors (Lipinski definition) is 6. The van der Waals surface area contributed by atoms with E-state index in [4.69, 9.17) is 19.3 Å². The quantitative estimate of drug-likeness (QED) is 0.287. The number of hydrogen-bond donors (Lipinski definition) is 1. The van der Waals surface area contributed by atoms with Crippen LogP contribution in [0.15, 0.2) is 54.6 Å². The first-order valence-corrected chi connectivity index (χ1v) is 13.0. The number of methoxy groups -OCH3 is 1. The Hall–Kier alpha value is -2.87. The fourth-order valence-electron chi connectivity index (χ4n) is 4.23. The first-order valence-electron chi connectivity index (χ1n) is 13.0. The zero-order valence-corrected chi connectivity index (χ0v) is 21.7. The van der Waals surface area contributed by atoms with E-state index in [1.807, 2.05) is 66.2 Å². The van der Waals surface area contributed by atoms with Crippen molar-refractivity contribution >= 4 is 0 Å². The molecule has 0 aliphatic heterocycles. The lowest BCUT2D eigenvalue weighted by molar-refractivity contribution is 0.0134. The van der Waals surface area contributed by atoms with Gasteiger partial charge in [0.25, 0.3) is 0 Å². The molecule has 1 aliphatic carbocycles. The van der Waals surface area contributed by atoms with Gasteiger partial charge < -0.3 is 19.3 Å². The molecule has 7 nitrogen and oxygen atoms in total. The van der Waals surface area contributed by atoms with Crippen LogP contribution in [0.2, 0.25) is 0 Å². The SMILES string of the molecule is CCCCOC[C@@H](O)CN(Cc1c(C)nn(-c2ccccc2)c1Oc1ccc(OC)cc1)CC1CC1. The van der Waals surface area contributed by atoms with Gasteiger partial charge in [-0.1, -0.05) is 31.5 Å². The Kier molecular flexibility index (Phi) is 9.39. The molecular formula is C29H39N3O4. The molecule has 1 fully saturated rings. The average Bonchev–Trinajstić information content (AvgIpc) is 3.66. The first-order chi connectivity index (χ1) is 17.6. The lowest BCUT2D eigenvalue weighted by Gasteiger charge is -2.25. The molecule has 1 heterocycles. The van der Waals surface area contributed by atoms with Crippen LogP contribution in [0.25, 0.3) is 5.69 Å². The second kappa shape index (κ2) is 12.9. The maximum Gasteiger partial charge on any atom is 0.227 e. The predicted molar refractivity (Wildman–Crippen MR) is 141 cm³/mol. The van der Waals surface area contributed by atoms with Crippen molar-refractivity contribution in [3.63, 3.8) is 0 Å². The molecule has 1 atom stereocenters. The molecule has 194 valence electrons. The van der Waals surface area contributed by atoms with Gasteiger partial charge in [0, 0.05) is 26.2 Å². The van der Waals surface area contributed by atoms with Crippen LogP contribution in [0, 0.1) is 12.8 Å². The van der Waals surface area contributed by atoms with Crippen LogP contribution < -0.4 is 9.47 Å². The Labute approximate surface area is 214 Å². The molecule has 4 rings (SSSR count). The van der Waals surface area contributed by atoms with Crippen molar-refractivity contribution in [1.82, 2.24) is 14.7 Å². The van der Waals surface area contributed by atoms with Crippen molar-refractivity contribution < 1.29 is 19.3 Å². The molecule has 1 N–H and O–H groups in total. The summed E-state index contributed by atoms with van der Waals surface area (Å²) in [6, 6.07) is 17.6. The summed E-state index contributed by atoms with van der Waals surface area (Å²) in [6.07, 6.45) is 4.07. The van der Waals surface area contributed by atoms with Crippen LogP contribution >= 0.6 is 0 Å². The number of benzene rings is 2. The number of aryl methyl sites for hydroxylation is 1. The largest absolute Gasteiger partial charge is 0.497 e. The normalized spacial score (nSPS) is 14.2. The van der Waals surface area contributed by atoms with Gasteiger partial charge in [-0.3, -0.25) is 4.90 Å². The number of ether oxygens (including phenoxy) is 3. The van der Waals surface area contributed by atoms with Crippen molar-refractivity contribution in [2.45, 2.75) is 52.2 Å². The molecule has 0 saturated heterocycles. The summed E-state index contributed by atoms with van der Waals surface area (Å²) < 4.78 is 19.3. The number of rotatable bonds is 15. The van der Waals surface area contributed by atoms with Crippen LogP contribution in [0.3, 0.4) is 0 Å². The van der Waals surface area contributed by atoms with Crippen LogP contribution in [0.4, 0.5) is 0 Å². The second-order valence-corrected chi connectivity index (χ2v) is 9.61. The Bertz CT molecular complexity index is 1060. The van der Waals surface area contributed by atoms with Gasteiger partial charge in [0.1, 0.15) is 11.5 Å². The Balaban J connectivity index is 1.58. The van der Waals surface area contributed by atoms with E-state index in [0.29, 0.717) is 43.9 Å². The van der Waals surface area contributed by atoms with Crippen LogP contribution in [0.1, 0.15) is 43.9 Å². The van der Waals surface area contributed by atoms with E-state index in [1.165, 1.54) is 12.8 Å². The summed E-state index contributed by atoms with van der Waals surface area (Å²) in [5.74, 6) is 2.88. The smallest absolute Gasteiger partial charge is 0.227 e. The lowest BCUT2D eigenvalue weighted by Crippen LogP contribution is -2.36. The van der Waals surface area contributed by atoms with Gasteiger partial charge in [-0.25, -0.2) is 4.68 Å². The third kappa shape index (κ3) is 7.32. The van der Waals surface area contributed by atoms with Crippen LogP contribution in [-0.2, 0) is 11.3 Å². The van der Waals surface area contributed by atoms with Crippen molar-refractivity contribution in [3.05, 3.63) is 65.9 Å². The number of nitrogens with zero attached hydrogens (tertiary/aromatic N) is 3. The highest BCUT2D eigenvalue weighted by atomic mass is 16.5. The van der Waals surface area contributed by atoms with Gasteiger partial charge >= 0.3 is 0 Å². The minimum absolute atomic E-state index is 0.360. The molecule has 3 aromatic rings. The molecule has 1 aromatic heterocycles.